The Morgan fingerprint density at radius 3 is 2.18 bits per heavy atom. The van der Waals surface area contributed by atoms with Gasteiger partial charge in [0.15, 0.2) is 0 Å². The predicted molar refractivity (Wildman–Crippen MR) is 112 cm³/mol. The second-order valence-corrected chi connectivity index (χ2v) is 8.17. The third-order valence-corrected chi connectivity index (χ3v) is 4.96. The van der Waals surface area contributed by atoms with Crippen molar-refractivity contribution in [3.05, 3.63) is 95.6 Å². The molecule has 0 N–H and O–H groups in total. The summed E-state index contributed by atoms with van der Waals surface area (Å²) in [5.74, 6) is 0. The Bertz CT molecular complexity index is 989. The van der Waals surface area contributed by atoms with Crippen molar-refractivity contribution in [2.24, 2.45) is 0 Å². The van der Waals surface area contributed by atoms with E-state index in [9.17, 15) is 4.79 Å². The number of carbonyl (C=O) groups is 1. The Hall–Kier alpha value is -3.07. The standard InChI is InChI=1S/C25H25NO2/c1-25(2,3)28-24(27)26-17-19-13-7-8-14-20(19)21-15-9-10-16-22(21)23(26)18-11-5-4-6-12-18/h4-16,23H,17H2,1-3H3/t23-/m0/s1. The van der Waals surface area contributed by atoms with E-state index < -0.39 is 5.60 Å². The quantitative estimate of drug-likeness (QED) is 0.510. The van der Waals surface area contributed by atoms with Crippen LogP contribution in [0.4, 0.5) is 4.79 Å². The van der Waals surface area contributed by atoms with Crippen LogP contribution in [0, 0.1) is 0 Å². The van der Waals surface area contributed by atoms with Crippen LogP contribution in [-0.4, -0.2) is 16.6 Å². The van der Waals surface area contributed by atoms with Gasteiger partial charge in [-0.3, -0.25) is 4.90 Å². The van der Waals surface area contributed by atoms with Gasteiger partial charge in [0, 0.05) is 0 Å². The number of benzene rings is 3. The highest BCUT2D eigenvalue weighted by molar-refractivity contribution is 5.77. The van der Waals surface area contributed by atoms with Crippen LogP contribution in [-0.2, 0) is 11.3 Å². The van der Waals surface area contributed by atoms with Gasteiger partial charge in [0.05, 0.1) is 12.6 Å². The van der Waals surface area contributed by atoms with Crippen molar-refractivity contribution in [1.29, 1.82) is 0 Å². The first-order valence-corrected chi connectivity index (χ1v) is 9.66. The zero-order valence-electron chi connectivity index (χ0n) is 16.6. The number of hydrogen-bond donors (Lipinski definition) is 0. The molecule has 4 rings (SSSR count). The highest BCUT2D eigenvalue weighted by atomic mass is 16.6. The lowest BCUT2D eigenvalue weighted by atomic mass is 9.91. The van der Waals surface area contributed by atoms with E-state index in [1.54, 1.807) is 0 Å². The van der Waals surface area contributed by atoms with E-state index >= 15 is 0 Å². The molecule has 3 heteroatoms. The van der Waals surface area contributed by atoms with E-state index in [0.29, 0.717) is 6.54 Å². The summed E-state index contributed by atoms with van der Waals surface area (Å²) in [7, 11) is 0. The van der Waals surface area contributed by atoms with Crippen molar-refractivity contribution >= 4 is 6.09 Å². The molecule has 1 aliphatic rings. The molecule has 1 heterocycles. The molecule has 28 heavy (non-hydrogen) atoms. The molecule has 0 aromatic heterocycles. The molecular weight excluding hydrogens is 346 g/mol. The fourth-order valence-corrected chi connectivity index (χ4v) is 3.83. The van der Waals surface area contributed by atoms with E-state index in [4.69, 9.17) is 4.74 Å². The number of rotatable bonds is 1. The molecule has 142 valence electrons. The van der Waals surface area contributed by atoms with Crippen molar-refractivity contribution < 1.29 is 9.53 Å². The lowest BCUT2D eigenvalue weighted by molar-refractivity contribution is 0.0174. The van der Waals surface area contributed by atoms with Crippen LogP contribution in [0.2, 0.25) is 0 Å². The minimum atomic E-state index is -0.552. The minimum Gasteiger partial charge on any atom is -0.444 e. The highest BCUT2D eigenvalue weighted by Gasteiger charge is 2.34. The van der Waals surface area contributed by atoms with Crippen LogP contribution in [0.25, 0.3) is 11.1 Å². The average molecular weight is 371 g/mol. The van der Waals surface area contributed by atoms with Crippen molar-refractivity contribution in [2.45, 2.75) is 39.0 Å². The van der Waals surface area contributed by atoms with Gasteiger partial charge in [0.2, 0.25) is 0 Å². The van der Waals surface area contributed by atoms with Crippen LogP contribution in [0.1, 0.15) is 43.5 Å². The molecule has 3 aromatic carbocycles. The fraction of sp³-hybridized carbons (Fsp3) is 0.240. The van der Waals surface area contributed by atoms with Gasteiger partial charge in [-0.2, -0.15) is 0 Å². The van der Waals surface area contributed by atoms with Gasteiger partial charge >= 0.3 is 6.09 Å². The van der Waals surface area contributed by atoms with Crippen molar-refractivity contribution in [3.63, 3.8) is 0 Å². The molecule has 0 saturated carbocycles. The fourth-order valence-electron chi connectivity index (χ4n) is 3.83. The third-order valence-electron chi connectivity index (χ3n) is 4.96. The topological polar surface area (TPSA) is 29.5 Å². The largest absolute Gasteiger partial charge is 0.444 e. The normalized spacial score (nSPS) is 16.0. The second-order valence-electron chi connectivity index (χ2n) is 8.17. The number of fused-ring (bicyclic) bond motifs is 3. The smallest absolute Gasteiger partial charge is 0.411 e. The predicted octanol–water partition coefficient (Wildman–Crippen LogP) is 6.19. The van der Waals surface area contributed by atoms with Crippen LogP contribution >= 0.6 is 0 Å². The third kappa shape index (κ3) is 3.53. The Balaban J connectivity index is 1.92. The summed E-state index contributed by atoms with van der Waals surface area (Å²) >= 11 is 0. The monoisotopic (exact) mass is 371 g/mol. The molecule has 0 radical (unpaired) electrons. The van der Waals surface area contributed by atoms with E-state index in [-0.39, 0.29) is 12.1 Å². The maximum absolute atomic E-state index is 13.3. The van der Waals surface area contributed by atoms with Gasteiger partial charge in [-0.25, -0.2) is 4.79 Å². The number of carbonyl (C=O) groups excluding carboxylic acids is 1. The van der Waals surface area contributed by atoms with E-state index in [1.807, 2.05) is 56.0 Å². The maximum Gasteiger partial charge on any atom is 0.411 e. The highest BCUT2D eigenvalue weighted by Crippen LogP contribution is 2.41. The maximum atomic E-state index is 13.3. The lowest BCUT2D eigenvalue weighted by Gasteiger charge is -2.33. The number of ether oxygens (including phenoxy) is 1. The Labute approximate surface area is 166 Å². The van der Waals surface area contributed by atoms with Crippen LogP contribution in [0.3, 0.4) is 0 Å². The molecule has 0 aliphatic carbocycles. The van der Waals surface area contributed by atoms with Gasteiger partial charge in [-0.05, 0) is 48.6 Å². The first kappa shape index (κ1) is 18.3. The number of amides is 1. The van der Waals surface area contributed by atoms with Crippen LogP contribution in [0.15, 0.2) is 78.9 Å². The van der Waals surface area contributed by atoms with Gasteiger partial charge in [0.1, 0.15) is 5.60 Å². The number of hydrogen-bond acceptors (Lipinski definition) is 2. The summed E-state index contributed by atoms with van der Waals surface area (Å²) in [6.07, 6.45) is -0.298. The molecule has 3 nitrogen and oxygen atoms in total. The molecule has 0 spiro atoms. The zero-order valence-corrected chi connectivity index (χ0v) is 16.6. The summed E-state index contributed by atoms with van der Waals surface area (Å²) in [6.45, 7) is 6.21. The molecule has 1 atom stereocenters. The van der Waals surface area contributed by atoms with Gasteiger partial charge in [-0.1, -0.05) is 78.9 Å². The first-order chi connectivity index (χ1) is 13.4. The molecular formula is C25H25NO2. The zero-order chi connectivity index (χ0) is 19.7. The Kier molecular flexibility index (Phi) is 4.68. The molecule has 1 aliphatic heterocycles. The summed E-state index contributed by atoms with van der Waals surface area (Å²) in [4.78, 5) is 15.1. The molecule has 0 unspecified atom stereocenters. The van der Waals surface area contributed by atoms with E-state index in [2.05, 4.69) is 48.5 Å². The first-order valence-electron chi connectivity index (χ1n) is 9.66. The van der Waals surface area contributed by atoms with Gasteiger partial charge < -0.3 is 4.74 Å². The van der Waals surface area contributed by atoms with Gasteiger partial charge in [0.25, 0.3) is 0 Å². The summed E-state index contributed by atoms with van der Waals surface area (Å²) in [5, 5.41) is 0. The lowest BCUT2D eigenvalue weighted by Crippen LogP contribution is -2.39. The Morgan fingerprint density at radius 2 is 1.46 bits per heavy atom. The van der Waals surface area contributed by atoms with Crippen LogP contribution < -0.4 is 0 Å². The number of nitrogens with zero attached hydrogens (tertiary/aromatic N) is 1. The Morgan fingerprint density at radius 1 is 0.857 bits per heavy atom. The second kappa shape index (κ2) is 7.16. The molecule has 0 saturated heterocycles. The van der Waals surface area contributed by atoms with Crippen LogP contribution in [0.5, 0.6) is 0 Å². The summed E-state index contributed by atoms with van der Waals surface area (Å²) in [6, 6.07) is 26.6. The average Bonchev–Trinajstić information content (AvgIpc) is 2.82. The SMILES string of the molecule is CC(C)(C)OC(=O)N1Cc2ccccc2-c2ccccc2[C@@H]1c1ccccc1. The molecule has 3 aromatic rings. The van der Waals surface area contributed by atoms with Crippen molar-refractivity contribution in [2.75, 3.05) is 0 Å². The van der Waals surface area contributed by atoms with E-state index in [1.165, 1.54) is 5.56 Å². The van der Waals surface area contributed by atoms with Crippen molar-refractivity contribution in [3.8, 4) is 11.1 Å². The van der Waals surface area contributed by atoms with Gasteiger partial charge in [-0.15, -0.1) is 0 Å². The minimum absolute atomic E-state index is 0.209. The van der Waals surface area contributed by atoms with Crippen molar-refractivity contribution in [1.82, 2.24) is 4.90 Å². The summed E-state index contributed by atoms with van der Waals surface area (Å²) < 4.78 is 5.80. The van der Waals surface area contributed by atoms with E-state index in [0.717, 1.165) is 22.3 Å². The molecule has 0 fully saturated rings. The molecule has 1 amide bonds. The summed E-state index contributed by atoms with van der Waals surface area (Å²) in [5.41, 5.74) is 5.10. The molecule has 0 bridgehead atoms.